The topological polar surface area (TPSA) is 52.2 Å². The van der Waals surface area contributed by atoms with Crippen LogP contribution >= 0.6 is 0 Å². The zero-order valence-electron chi connectivity index (χ0n) is 12.5. The Bertz CT molecular complexity index is 718. The van der Waals surface area contributed by atoms with E-state index in [0.29, 0.717) is 13.1 Å². The third-order valence-corrected chi connectivity index (χ3v) is 3.91. The molecule has 0 radical (unpaired) electrons. The molecule has 1 N–H and O–H groups in total. The Balaban J connectivity index is 1.68. The minimum Gasteiger partial charge on any atom is -0.368 e. The van der Waals surface area contributed by atoms with Crippen LogP contribution in [0.25, 0.3) is 0 Å². The predicted molar refractivity (Wildman–Crippen MR) is 78.1 cm³/mol. The molecule has 5 nitrogen and oxygen atoms in total. The van der Waals surface area contributed by atoms with Gasteiger partial charge in [0.25, 0.3) is 5.91 Å². The van der Waals surface area contributed by atoms with Crippen LogP contribution in [0.15, 0.2) is 30.5 Å². The fraction of sp³-hybridized carbons (Fsp3) is 0.333. The van der Waals surface area contributed by atoms with Gasteiger partial charge in [-0.05, 0) is 24.3 Å². The largest absolute Gasteiger partial charge is 0.433 e. The van der Waals surface area contributed by atoms with Crippen LogP contribution < -0.4 is 4.90 Å². The summed E-state index contributed by atoms with van der Waals surface area (Å²) in [6.45, 7) is 1.46. The summed E-state index contributed by atoms with van der Waals surface area (Å²) in [6, 6.07) is 5.94. The molecule has 3 rings (SSSR count). The number of carbonyl (C=O) groups excluding carboxylic acids is 1. The first kappa shape index (κ1) is 16.3. The molecule has 1 aromatic carbocycles. The van der Waals surface area contributed by atoms with Crippen molar-refractivity contribution in [2.24, 2.45) is 0 Å². The molecular formula is C15H14F4N4O. The molecule has 24 heavy (non-hydrogen) atoms. The number of amides is 1. The fourth-order valence-electron chi connectivity index (χ4n) is 2.65. The summed E-state index contributed by atoms with van der Waals surface area (Å²) in [7, 11) is 0. The van der Waals surface area contributed by atoms with Gasteiger partial charge < -0.3 is 9.80 Å². The van der Waals surface area contributed by atoms with Gasteiger partial charge >= 0.3 is 6.18 Å². The number of halogens is 4. The van der Waals surface area contributed by atoms with Crippen molar-refractivity contribution in [2.75, 3.05) is 31.1 Å². The van der Waals surface area contributed by atoms with E-state index < -0.39 is 23.3 Å². The Morgan fingerprint density at radius 3 is 2.29 bits per heavy atom. The van der Waals surface area contributed by atoms with Crippen LogP contribution in [0.1, 0.15) is 16.1 Å². The molecule has 0 bridgehead atoms. The Kier molecular flexibility index (Phi) is 4.16. The maximum absolute atomic E-state index is 12.9. The van der Waals surface area contributed by atoms with Crippen molar-refractivity contribution in [1.82, 2.24) is 15.1 Å². The van der Waals surface area contributed by atoms with Gasteiger partial charge in [-0.2, -0.15) is 18.3 Å². The summed E-state index contributed by atoms with van der Waals surface area (Å²) in [5.74, 6) is -1.04. The number of alkyl halides is 3. The molecule has 128 valence electrons. The van der Waals surface area contributed by atoms with Crippen LogP contribution in [0.2, 0.25) is 0 Å². The molecule has 1 amide bonds. The standard InChI is InChI=1S/C15H14F4N4O/c16-10-1-3-11(4-2-10)22-5-7-23(8-6-22)14(24)12-9-20-21-13(12)15(17,18)19/h1-4,9H,5-8H2,(H,20,21). The van der Waals surface area contributed by atoms with Crippen molar-refractivity contribution < 1.29 is 22.4 Å². The monoisotopic (exact) mass is 342 g/mol. The van der Waals surface area contributed by atoms with Gasteiger partial charge in [-0.15, -0.1) is 0 Å². The number of anilines is 1. The van der Waals surface area contributed by atoms with Crippen LogP contribution in [-0.4, -0.2) is 47.2 Å². The molecule has 0 atom stereocenters. The normalized spacial score (nSPS) is 15.7. The molecule has 0 spiro atoms. The highest BCUT2D eigenvalue weighted by molar-refractivity contribution is 5.95. The zero-order valence-corrected chi connectivity index (χ0v) is 12.5. The lowest BCUT2D eigenvalue weighted by Gasteiger charge is -2.36. The van der Waals surface area contributed by atoms with Crippen LogP contribution in [0.4, 0.5) is 23.2 Å². The molecule has 2 aromatic rings. The first-order valence-electron chi connectivity index (χ1n) is 7.26. The maximum atomic E-state index is 12.9. The molecule has 1 saturated heterocycles. The van der Waals surface area contributed by atoms with Crippen LogP contribution in [0.3, 0.4) is 0 Å². The molecule has 0 unspecified atom stereocenters. The number of rotatable bonds is 2. The lowest BCUT2D eigenvalue weighted by molar-refractivity contribution is -0.141. The number of piperazine rings is 1. The number of hydrogen-bond acceptors (Lipinski definition) is 3. The molecule has 0 aliphatic carbocycles. The summed E-state index contributed by atoms with van der Waals surface area (Å²) in [6.07, 6.45) is -3.76. The Morgan fingerprint density at radius 2 is 1.71 bits per heavy atom. The van der Waals surface area contributed by atoms with E-state index >= 15 is 0 Å². The van der Waals surface area contributed by atoms with Crippen molar-refractivity contribution in [1.29, 1.82) is 0 Å². The summed E-state index contributed by atoms with van der Waals surface area (Å²) < 4.78 is 51.5. The summed E-state index contributed by atoms with van der Waals surface area (Å²) in [5.41, 5.74) is -0.797. The zero-order chi connectivity index (χ0) is 17.3. The van der Waals surface area contributed by atoms with E-state index in [4.69, 9.17) is 0 Å². The van der Waals surface area contributed by atoms with Gasteiger partial charge in [-0.3, -0.25) is 9.89 Å². The number of benzene rings is 1. The van der Waals surface area contributed by atoms with Gasteiger partial charge in [0.1, 0.15) is 5.82 Å². The van der Waals surface area contributed by atoms with Crippen molar-refractivity contribution in [3.05, 3.63) is 47.5 Å². The summed E-state index contributed by atoms with van der Waals surface area (Å²) in [5, 5.41) is 5.17. The van der Waals surface area contributed by atoms with E-state index in [1.54, 1.807) is 12.1 Å². The second kappa shape index (κ2) is 6.14. The molecule has 2 heterocycles. The molecule has 1 fully saturated rings. The molecule has 1 aliphatic heterocycles. The first-order chi connectivity index (χ1) is 11.4. The smallest absolute Gasteiger partial charge is 0.368 e. The Labute approximate surface area is 134 Å². The third kappa shape index (κ3) is 3.19. The second-order valence-electron chi connectivity index (χ2n) is 5.41. The number of H-pyrrole nitrogens is 1. The van der Waals surface area contributed by atoms with E-state index in [1.165, 1.54) is 17.0 Å². The fourth-order valence-corrected chi connectivity index (χ4v) is 2.65. The number of hydrogen-bond donors (Lipinski definition) is 1. The highest BCUT2D eigenvalue weighted by Gasteiger charge is 2.38. The van der Waals surface area contributed by atoms with Crippen molar-refractivity contribution in [2.45, 2.75) is 6.18 Å². The number of carbonyl (C=O) groups is 1. The van der Waals surface area contributed by atoms with Gasteiger partial charge in [0, 0.05) is 31.9 Å². The van der Waals surface area contributed by atoms with E-state index in [1.807, 2.05) is 10.00 Å². The third-order valence-electron chi connectivity index (χ3n) is 3.91. The molecular weight excluding hydrogens is 328 g/mol. The predicted octanol–water partition coefficient (Wildman–Crippen LogP) is 2.53. The molecule has 9 heteroatoms. The van der Waals surface area contributed by atoms with Crippen molar-refractivity contribution in [3.63, 3.8) is 0 Å². The minimum atomic E-state index is -4.66. The first-order valence-corrected chi connectivity index (χ1v) is 7.26. The highest BCUT2D eigenvalue weighted by Crippen LogP contribution is 2.30. The Hall–Kier alpha value is -2.58. The lowest BCUT2D eigenvalue weighted by atomic mass is 10.2. The number of nitrogens with one attached hydrogen (secondary N) is 1. The van der Waals surface area contributed by atoms with E-state index in [0.717, 1.165) is 11.9 Å². The van der Waals surface area contributed by atoms with E-state index in [2.05, 4.69) is 5.10 Å². The molecule has 1 aliphatic rings. The van der Waals surface area contributed by atoms with E-state index in [9.17, 15) is 22.4 Å². The summed E-state index contributed by atoms with van der Waals surface area (Å²) >= 11 is 0. The quantitative estimate of drug-likeness (QED) is 0.854. The van der Waals surface area contributed by atoms with Gasteiger partial charge in [0.2, 0.25) is 0 Å². The number of aromatic amines is 1. The van der Waals surface area contributed by atoms with Gasteiger partial charge in [0.15, 0.2) is 5.69 Å². The van der Waals surface area contributed by atoms with Gasteiger partial charge in [-0.25, -0.2) is 4.39 Å². The highest BCUT2D eigenvalue weighted by atomic mass is 19.4. The minimum absolute atomic E-state index is 0.276. The summed E-state index contributed by atoms with van der Waals surface area (Å²) in [4.78, 5) is 15.6. The van der Waals surface area contributed by atoms with Gasteiger partial charge in [-0.1, -0.05) is 0 Å². The van der Waals surface area contributed by atoms with Crippen LogP contribution in [-0.2, 0) is 6.18 Å². The van der Waals surface area contributed by atoms with Crippen molar-refractivity contribution in [3.8, 4) is 0 Å². The molecule has 0 saturated carbocycles. The van der Waals surface area contributed by atoms with E-state index in [-0.39, 0.29) is 18.9 Å². The maximum Gasteiger partial charge on any atom is 0.433 e. The lowest BCUT2D eigenvalue weighted by Crippen LogP contribution is -2.49. The van der Waals surface area contributed by atoms with Gasteiger partial charge in [0.05, 0.1) is 11.8 Å². The van der Waals surface area contributed by atoms with Crippen LogP contribution in [0, 0.1) is 5.82 Å². The van der Waals surface area contributed by atoms with Crippen molar-refractivity contribution >= 4 is 11.6 Å². The number of aromatic nitrogens is 2. The molecule has 1 aromatic heterocycles. The van der Waals surface area contributed by atoms with Crippen LogP contribution in [0.5, 0.6) is 0 Å². The average molecular weight is 342 g/mol. The Morgan fingerprint density at radius 1 is 1.08 bits per heavy atom. The SMILES string of the molecule is O=C(c1cn[nH]c1C(F)(F)F)N1CCN(c2ccc(F)cc2)CC1. The number of nitrogens with zero attached hydrogens (tertiary/aromatic N) is 3. The average Bonchev–Trinajstić information content (AvgIpc) is 3.05. The second-order valence-corrected chi connectivity index (χ2v) is 5.41.